The standard InChI is InChI=1S/C28H49NO5/c1-4-6-8-10-12-14-16-18-21-25(28(32)29-24-20-23-26(30)33-3)34-27(31)22-19-17-15-13-11-9-7-5-2/h4-5,25H,1-2,6-24H2,3H3,(H,29,32). The Hall–Kier alpha value is -2.11. The molecule has 1 amide bonds. The Morgan fingerprint density at radius 1 is 0.706 bits per heavy atom. The minimum Gasteiger partial charge on any atom is -0.469 e. The predicted molar refractivity (Wildman–Crippen MR) is 138 cm³/mol. The molecular formula is C28H49NO5. The third-order valence-corrected chi connectivity index (χ3v) is 5.81. The van der Waals surface area contributed by atoms with Crippen LogP contribution in [0.1, 0.15) is 116 Å². The van der Waals surface area contributed by atoms with E-state index in [0.717, 1.165) is 51.4 Å². The zero-order valence-corrected chi connectivity index (χ0v) is 21.6. The van der Waals surface area contributed by atoms with Crippen molar-refractivity contribution < 1.29 is 23.9 Å². The van der Waals surface area contributed by atoms with E-state index in [9.17, 15) is 14.4 Å². The van der Waals surface area contributed by atoms with Crippen LogP contribution in [0.5, 0.6) is 0 Å². The minimum absolute atomic E-state index is 0.251. The number of rotatable bonds is 24. The van der Waals surface area contributed by atoms with Gasteiger partial charge in [0.1, 0.15) is 0 Å². The van der Waals surface area contributed by atoms with E-state index in [1.807, 2.05) is 12.2 Å². The number of hydrogen-bond donors (Lipinski definition) is 1. The van der Waals surface area contributed by atoms with Crippen LogP contribution in [0.2, 0.25) is 0 Å². The van der Waals surface area contributed by atoms with Gasteiger partial charge in [-0.1, -0.05) is 63.5 Å². The van der Waals surface area contributed by atoms with Crippen molar-refractivity contribution in [1.29, 1.82) is 0 Å². The molecule has 0 aliphatic rings. The molecule has 0 aromatic rings. The average Bonchev–Trinajstić information content (AvgIpc) is 2.83. The Morgan fingerprint density at radius 2 is 1.21 bits per heavy atom. The molecule has 6 heteroatoms. The van der Waals surface area contributed by atoms with E-state index in [0.29, 0.717) is 25.8 Å². The molecule has 0 rings (SSSR count). The summed E-state index contributed by atoms with van der Waals surface area (Å²) >= 11 is 0. The molecule has 196 valence electrons. The summed E-state index contributed by atoms with van der Waals surface area (Å²) in [5.74, 6) is -0.872. The van der Waals surface area contributed by atoms with Gasteiger partial charge in [-0.2, -0.15) is 0 Å². The van der Waals surface area contributed by atoms with Gasteiger partial charge in [-0.3, -0.25) is 14.4 Å². The van der Waals surface area contributed by atoms with Crippen molar-refractivity contribution in [3.05, 3.63) is 25.3 Å². The number of hydrogen-bond acceptors (Lipinski definition) is 5. The van der Waals surface area contributed by atoms with Crippen LogP contribution in [-0.4, -0.2) is 37.6 Å². The Labute approximate surface area is 207 Å². The maximum Gasteiger partial charge on any atom is 0.306 e. The lowest BCUT2D eigenvalue weighted by Gasteiger charge is -2.18. The largest absolute Gasteiger partial charge is 0.469 e. The number of carbonyl (C=O) groups excluding carboxylic acids is 3. The van der Waals surface area contributed by atoms with E-state index < -0.39 is 6.10 Å². The zero-order chi connectivity index (χ0) is 25.3. The highest BCUT2D eigenvalue weighted by atomic mass is 16.5. The lowest BCUT2D eigenvalue weighted by molar-refractivity contribution is -0.156. The van der Waals surface area contributed by atoms with Crippen LogP contribution in [-0.2, 0) is 23.9 Å². The highest BCUT2D eigenvalue weighted by molar-refractivity contribution is 5.83. The van der Waals surface area contributed by atoms with Gasteiger partial charge in [0.25, 0.3) is 5.91 Å². The summed E-state index contributed by atoms with van der Waals surface area (Å²) in [6.07, 6.45) is 19.9. The topological polar surface area (TPSA) is 81.7 Å². The van der Waals surface area contributed by atoms with Gasteiger partial charge < -0.3 is 14.8 Å². The number of allylic oxidation sites excluding steroid dienone is 2. The van der Waals surface area contributed by atoms with Crippen molar-refractivity contribution in [2.24, 2.45) is 0 Å². The lowest BCUT2D eigenvalue weighted by atomic mass is 10.1. The number of esters is 2. The molecule has 1 unspecified atom stereocenters. The molecule has 0 heterocycles. The van der Waals surface area contributed by atoms with Crippen molar-refractivity contribution in [2.45, 2.75) is 122 Å². The number of amides is 1. The molecule has 1 N–H and O–H groups in total. The first-order chi connectivity index (χ1) is 16.5. The molecule has 0 aromatic heterocycles. The fourth-order valence-corrected chi connectivity index (χ4v) is 3.71. The first kappa shape index (κ1) is 31.9. The molecule has 0 saturated heterocycles. The summed E-state index contributed by atoms with van der Waals surface area (Å²) in [5, 5.41) is 2.80. The average molecular weight is 480 g/mol. The van der Waals surface area contributed by atoms with E-state index in [4.69, 9.17) is 4.74 Å². The molecule has 0 aliphatic heterocycles. The van der Waals surface area contributed by atoms with Gasteiger partial charge in [-0.05, 0) is 51.4 Å². The van der Waals surface area contributed by atoms with E-state index in [1.54, 1.807) is 0 Å². The van der Waals surface area contributed by atoms with Gasteiger partial charge in [0.15, 0.2) is 6.10 Å². The highest BCUT2D eigenvalue weighted by Crippen LogP contribution is 2.14. The van der Waals surface area contributed by atoms with Crippen molar-refractivity contribution in [3.63, 3.8) is 0 Å². The second kappa shape index (κ2) is 24.0. The first-order valence-electron chi connectivity index (χ1n) is 13.3. The highest BCUT2D eigenvalue weighted by Gasteiger charge is 2.22. The summed E-state index contributed by atoms with van der Waals surface area (Å²) in [5.41, 5.74) is 0. The number of carbonyl (C=O) groups is 3. The van der Waals surface area contributed by atoms with Crippen LogP contribution in [0.15, 0.2) is 25.3 Å². The summed E-state index contributed by atoms with van der Waals surface area (Å²) in [6, 6.07) is 0. The Morgan fingerprint density at radius 3 is 1.76 bits per heavy atom. The maximum absolute atomic E-state index is 12.6. The molecule has 0 saturated carbocycles. The van der Waals surface area contributed by atoms with E-state index in [1.165, 1.54) is 45.6 Å². The van der Waals surface area contributed by atoms with Crippen LogP contribution in [0, 0.1) is 0 Å². The molecule has 0 aromatic carbocycles. The first-order valence-corrected chi connectivity index (χ1v) is 13.3. The van der Waals surface area contributed by atoms with Gasteiger partial charge in [0, 0.05) is 19.4 Å². The molecule has 6 nitrogen and oxygen atoms in total. The zero-order valence-electron chi connectivity index (χ0n) is 21.6. The molecule has 0 spiro atoms. The van der Waals surface area contributed by atoms with Crippen LogP contribution in [0.4, 0.5) is 0 Å². The van der Waals surface area contributed by atoms with Gasteiger partial charge >= 0.3 is 11.9 Å². The molecular weight excluding hydrogens is 430 g/mol. The predicted octanol–water partition coefficient (Wildman–Crippen LogP) is 6.58. The molecule has 0 radical (unpaired) electrons. The van der Waals surface area contributed by atoms with Gasteiger partial charge in [-0.15, -0.1) is 13.2 Å². The van der Waals surface area contributed by atoms with Crippen molar-refractivity contribution in [1.82, 2.24) is 5.32 Å². The Kier molecular flexibility index (Phi) is 22.5. The molecule has 1 atom stereocenters. The SMILES string of the molecule is C=CCCCCCCCCC(=O)OC(CCCCCCCCC=C)C(=O)NCCCC(=O)OC. The Bertz CT molecular complexity index is 561. The van der Waals surface area contributed by atoms with Crippen LogP contribution in [0.3, 0.4) is 0 Å². The van der Waals surface area contributed by atoms with Gasteiger partial charge in [0.2, 0.25) is 0 Å². The number of unbranched alkanes of at least 4 members (excludes halogenated alkanes) is 12. The van der Waals surface area contributed by atoms with Crippen LogP contribution < -0.4 is 5.32 Å². The normalized spacial score (nSPS) is 11.4. The number of nitrogens with one attached hydrogen (secondary N) is 1. The third kappa shape index (κ3) is 20.5. The fourth-order valence-electron chi connectivity index (χ4n) is 3.71. The molecule has 34 heavy (non-hydrogen) atoms. The van der Waals surface area contributed by atoms with Crippen LogP contribution >= 0.6 is 0 Å². The fraction of sp³-hybridized carbons (Fsp3) is 0.750. The van der Waals surface area contributed by atoms with Crippen molar-refractivity contribution in [2.75, 3.05) is 13.7 Å². The second-order valence-electron chi connectivity index (χ2n) is 8.89. The van der Waals surface area contributed by atoms with Gasteiger partial charge in [0.05, 0.1) is 7.11 Å². The van der Waals surface area contributed by atoms with E-state index >= 15 is 0 Å². The smallest absolute Gasteiger partial charge is 0.306 e. The summed E-state index contributed by atoms with van der Waals surface area (Å²) in [4.78, 5) is 36.2. The molecule has 0 bridgehead atoms. The third-order valence-electron chi connectivity index (χ3n) is 5.81. The van der Waals surface area contributed by atoms with Gasteiger partial charge in [-0.25, -0.2) is 0 Å². The van der Waals surface area contributed by atoms with Crippen molar-refractivity contribution >= 4 is 17.8 Å². The van der Waals surface area contributed by atoms with Crippen LogP contribution in [0.25, 0.3) is 0 Å². The monoisotopic (exact) mass is 479 g/mol. The lowest BCUT2D eigenvalue weighted by Crippen LogP contribution is -2.38. The molecule has 0 fully saturated rings. The Balaban J connectivity index is 4.30. The molecule has 0 aliphatic carbocycles. The second-order valence-corrected chi connectivity index (χ2v) is 8.89. The number of ether oxygens (including phenoxy) is 2. The maximum atomic E-state index is 12.6. The summed E-state index contributed by atoms with van der Waals surface area (Å²) in [6.45, 7) is 7.84. The van der Waals surface area contributed by atoms with E-state index in [2.05, 4.69) is 23.2 Å². The van der Waals surface area contributed by atoms with Crippen molar-refractivity contribution in [3.8, 4) is 0 Å². The van der Waals surface area contributed by atoms with E-state index in [-0.39, 0.29) is 24.3 Å². The minimum atomic E-state index is -0.759. The number of methoxy groups -OCH3 is 1. The summed E-state index contributed by atoms with van der Waals surface area (Å²) < 4.78 is 10.2. The summed E-state index contributed by atoms with van der Waals surface area (Å²) in [7, 11) is 1.35. The quantitative estimate of drug-likeness (QED) is 0.0960.